The second-order valence-electron chi connectivity index (χ2n) is 5.34. The normalized spacial score (nSPS) is 10.5. The molecule has 0 aliphatic carbocycles. The molecule has 0 heterocycles. The summed E-state index contributed by atoms with van der Waals surface area (Å²) in [5, 5.41) is 0. The number of carbonyl (C=O) groups is 1. The Morgan fingerprint density at radius 2 is 1.64 bits per heavy atom. The van der Waals surface area contributed by atoms with Crippen LogP contribution in [0.15, 0.2) is 47.9 Å². The van der Waals surface area contributed by atoms with Crippen LogP contribution in [0, 0.1) is 5.41 Å². The van der Waals surface area contributed by atoms with E-state index in [1.165, 1.54) is 12.1 Å². The Balaban J connectivity index is 0. The van der Waals surface area contributed by atoms with Gasteiger partial charge in [0, 0.05) is 5.57 Å². The molecule has 5 nitrogen and oxygen atoms in total. The summed E-state index contributed by atoms with van der Waals surface area (Å²) in [6.45, 7) is 12.8. The van der Waals surface area contributed by atoms with Crippen molar-refractivity contribution in [2.45, 2.75) is 25.7 Å². The first-order chi connectivity index (χ1) is 9.39. The van der Waals surface area contributed by atoms with Crippen LogP contribution in [0.5, 0.6) is 0 Å². The summed E-state index contributed by atoms with van der Waals surface area (Å²) in [6, 6.07) is 5.78. The number of carbonyl (C=O) groups excluding carboxylic acids is 1. The average molecular weight is 335 g/mol. The Morgan fingerprint density at radius 3 is 1.82 bits per heavy atom. The monoisotopic (exact) mass is 335 g/mol. The third kappa shape index (κ3) is 8.51. The van der Waals surface area contributed by atoms with Crippen LogP contribution in [0.4, 0.5) is 0 Å². The molecule has 3 N–H and O–H groups in total. The fourth-order valence-corrected chi connectivity index (χ4v) is 1.63. The summed E-state index contributed by atoms with van der Waals surface area (Å²) in [5.41, 5.74) is 6.08. The molecule has 0 bridgehead atoms. The summed E-state index contributed by atoms with van der Waals surface area (Å²) < 4.78 is 29.7. The third-order valence-electron chi connectivity index (χ3n) is 2.62. The van der Waals surface area contributed by atoms with E-state index in [2.05, 4.69) is 13.2 Å². The Labute approximate surface area is 154 Å². The van der Waals surface area contributed by atoms with E-state index >= 15 is 0 Å². The third-order valence-corrected chi connectivity index (χ3v) is 3.48. The van der Waals surface area contributed by atoms with Gasteiger partial charge in [0.05, 0.1) is 4.90 Å². The zero-order valence-electron chi connectivity index (χ0n) is 12.5. The van der Waals surface area contributed by atoms with Crippen LogP contribution in [-0.2, 0) is 14.9 Å². The standard InChI is InChI=1S/C8H8O3S.C7H13NO.Na.H/c1-2-7-3-5-8(6-4-7)12(9,10)11;1-5(6(8)9)7(2,3)4;;/h2-6H,1H2,(H,9,10,11);1H2,2-4H3,(H2,8,9);;. The molecule has 1 amide bonds. The van der Waals surface area contributed by atoms with E-state index in [1.807, 2.05) is 20.8 Å². The maximum atomic E-state index is 10.6. The fourth-order valence-electron chi connectivity index (χ4n) is 1.15. The van der Waals surface area contributed by atoms with E-state index in [0.29, 0.717) is 5.57 Å². The van der Waals surface area contributed by atoms with Crippen molar-refractivity contribution >= 4 is 51.7 Å². The predicted octanol–water partition coefficient (Wildman–Crippen LogP) is 2.00. The Bertz CT molecular complexity index is 629. The van der Waals surface area contributed by atoms with Crippen molar-refractivity contribution in [2.24, 2.45) is 11.1 Å². The molecule has 1 aromatic carbocycles. The van der Waals surface area contributed by atoms with Gasteiger partial charge in [-0.05, 0) is 23.1 Å². The number of nitrogens with two attached hydrogens (primary N) is 1. The Hall–Kier alpha value is -0.920. The first-order valence-corrected chi connectivity index (χ1v) is 7.52. The van der Waals surface area contributed by atoms with Gasteiger partial charge in [-0.1, -0.05) is 52.1 Å². The molecule has 0 atom stereocenters. The van der Waals surface area contributed by atoms with Gasteiger partial charge in [0.1, 0.15) is 0 Å². The minimum atomic E-state index is -4.06. The number of primary amides is 1. The molecule has 0 aliphatic rings. The van der Waals surface area contributed by atoms with Gasteiger partial charge < -0.3 is 5.73 Å². The summed E-state index contributed by atoms with van der Waals surface area (Å²) in [4.78, 5) is 10.4. The quantitative estimate of drug-likeness (QED) is 0.501. The van der Waals surface area contributed by atoms with Gasteiger partial charge in [-0.2, -0.15) is 8.42 Å². The molecule has 0 radical (unpaired) electrons. The van der Waals surface area contributed by atoms with Crippen molar-refractivity contribution in [2.75, 3.05) is 0 Å². The molecule has 7 heteroatoms. The SMILES string of the molecule is C=C(C(N)=O)C(C)(C)C.C=Cc1ccc(S(=O)(=O)O)cc1.[NaH]. The van der Waals surface area contributed by atoms with E-state index in [4.69, 9.17) is 10.3 Å². The molecule has 0 spiro atoms. The van der Waals surface area contributed by atoms with E-state index < -0.39 is 16.0 Å². The molecule has 22 heavy (non-hydrogen) atoms. The van der Waals surface area contributed by atoms with Crippen molar-refractivity contribution in [1.29, 1.82) is 0 Å². The summed E-state index contributed by atoms with van der Waals surface area (Å²) in [7, 11) is -4.06. The Morgan fingerprint density at radius 1 is 1.23 bits per heavy atom. The molecule has 118 valence electrons. The second kappa shape index (κ2) is 9.27. The second-order valence-corrected chi connectivity index (χ2v) is 6.76. The van der Waals surface area contributed by atoms with Gasteiger partial charge in [-0.15, -0.1) is 0 Å². The van der Waals surface area contributed by atoms with Gasteiger partial charge in [-0.25, -0.2) is 0 Å². The molecule has 0 aliphatic heterocycles. The van der Waals surface area contributed by atoms with Crippen molar-refractivity contribution in [1.82, 2.24) is 0 Å². The van der Waals surface area contributed by atoms with E-state index in [-0.39, 0.29) is 39.9 Å². The van der Waals surface area contributed by atoms with E-state index in [9.17, 15) is 13.2 Å². The molecule has 1 rings (SSSR count). The van der Waals surface area contributed by atoms with Crippen molar-refractivity contribution in [3.8, 4) is 0 Å². The number of amides is 1. The Kier molecular flexibility index (Phi) is 9.84. The first kappa shape index (κ1) is 23.3. The van der Waals surface area contributed by atoms with Gasteiger partial charge in [0.2, 0.25) is 5.91 Å². The molecule has 0 fully saturated rings. The van der Waals surface area contributed by atoms with Crippen LogP contribution in [0.2, 0.25) is 0 Å². The van der Waals surface area contributed by atoms with Crippen molar-refractivity contribution in [3.63, 3.8) is 0 Å². The number of hydrogen-bond acceptors (Lipinski definition) is 3. The number of hydrogen-bond donors (Lipinski definition) is 2. The van der Waals surface area contributed by atoms with Gasteiger partial charge >= 0.3 is 29.6 Å². The first-order valence-electron chi connectivity index (χ1n) is 6.08. The number of rotatable bonds is 3. The molecule has 0 unspecified atom stereocenters. The minimum absolute atomic E-state index is 0. The van der Waals surface area contributed by atoms with Crippen LogP contribution in [0.1, 0.15) is 26.3 Å². The zero-order valence-corrected chi connectivity index (χ0v) is 13.3. The maximum absolute atomic E-state index is 10.6. The molecule has 0 saturated heterocycles. The number of benzene rings is 1. The van der Waals surface area contributed by atoms with Crippen LogP contribution in [-0.4, -0.2) is 48.4 Å². The van der Waals surface area contributed by atoms with Crippen LogP contribution in [0.3, 0.4) is 0 Å². The predicted molar refractivity (Wildman–Crippen MR) is 91.3 cm³/mol. The van der Waals surface area contributed by atoms with Crippen LogP contribution in [0.25, 0.3) is 6.08 Å². The van der Waals surface area contributed by atoms with Crippen LogP contribution >= 0.6 is 0 Å². The molecular formula is C15H22NNaO4S. The molecule has 0 aromatic heterocycles. The molecule has 0 saturated carbocycles. The van der Waals surface area contributed by atoms with E-state index in [1.54, 1.807) is 18.2 Å². The van der Waals surface area contributed by atoms with Gasteiger partial charge in [0.15, 0.2) is 0 Å². The average Bonchev–Trinajstić information content (AvgIpc) is 2.36. The summed E-state index contributed by atoms with van der Waals surface area (Å²) in [6.07, 6.45) is 1.59. The summed E-state index contributed by atoms with van der Waals surface area (Å²) >= 11 is 0. The van der Waals surface area contributed by atoms with Gasteiger partial charge in [-0.3, -0.25) is 9.35 Å². The van der Waals surface area contributed by atoms with Crippen molar-refractivity contribution in [3.05, 3.63) is 48.6 Å². The summed E-state index contributed by atoms with van der Waals surface area (Å²) in [5.74, 6) is -0.414. The molecular weight excluding hydrogens is 313 g/mol. The molecule has 1 aromatic rings. The van der Waals surface area contributed by atoms with Crippen molar-refractivity contribution < 1.29 is 17.8 Å². The topological polar surface area (TPSA) is 97.5 Å². The van der Waals surface area contributed by atoms with E-state index in [0.717, 1.165) is 5.56 Å². The van der Waals surface area contributed by atoms with Gasteiger partial charge in [0.25, 0.3) is 10.1 Å². The zero-order chi connectivity index (χ0) is 16.8. The van der Waals surface area contributed by atoms with Crippen LogP contribution < -0.4 is 5.73 Å². The fraction of sp³-hybridized carbons (Fsp3) is 0.267.